The highest BCUT2D eigenvalue weighted by Crippen LogP contribution is 2.26. The van der Waals surface area contributed by atoms with Crippen LogP contribution in [0.1, 0.15) is 12.0 Å². The standard InChI is InChI=1S/C21H25ClN6/c1-15-5-6-17(22)13-18(15)25-20-14-19(16-7-10-23-11-8-16)26-21(27-20)24-9-4-12-28(2)3/h5-8,10-11,13-14H,4,9,12H2,1-3H3,(H2,24,25,26,27). The molecular weight excluding hydrogens is 372 g/mol. The Hall–Kier alpha value is -2.70. The first-order chi connectivity index (χ1) is 13.5. The van der Waals surface area contributed by atoms with Crippen LogP contribution in [0.5, 0.6) is 0 Å². The van der Waals surface area contributed by atoms with Gasteiger partial charge in [0.2, 0.25) is 5.95 Å². The second-order valence-electron chi connectivity index (χ2n) is 6.87. The highest BCUT2D eigenvalue weighted by molar-refractivity contribution is 6.30. The van der Waals surface area contributed by atoms with Crippen LogP contribution in [0.3, 0.4) is 0 Å². The van der Waals surface area contributed by atoms with Crippen molar-refractivity contribution < 1.29 is 0 Å². The second-order valence-corrected chi connectivity index (χ2v) is 7.30. The highest BCUT2D eigenvalue weighted by Gasteiger charge is 2.09. The van der Waals surface area contributed by atoms with Crippen molar-refractivity contribution in [3.05, 3.63) is 59.4 Å². The smallest absolute Gasteiger partial charge is 0.225 e. The van der Waals surface area contributed by atoms with E-state index in [1.807, 2.05) is 43.3 Å². The summed E-state index contributed by atoms with van der Waals surface area (Å²) < 4.78 is 0. The van der Waals surface area contributed by atoms with Crippen LogP contribution in [0.2, 0.25) is 5.02 Å². The van der Waals surface area contributed by atoms with Crippen molar-refractivity contribution in [2.24, 2.45) is 0 Å². The zero-order chi connectivity index (χ0) is 19.9. The van der Waals surface area contributed by atoms with Crippen molar-refractivity contribution in [1.29, 1.82) is 0 Å². The van der Waals surface area contributed by atoms with Gasteiger partial charge in [-0.3, -0.25) is 4.98 Å². The molecule has 3 rings (SSSR count). The van der Waals surface area contributed by atoms with Gasteiger partial charge in [-0.1, -0.05) is 17.7 Å². The fourth-order valence-electron chi connectivity index (χ4n) is 2.72. The van der Waals surface area contributed by atoms with Crippen LogP contribution < -0.4 is 10.6 Å². The molecule has 146 valence electrons. The van der Waals surface area contributed by atoms with Crippen molar-refractivity contribution in [3.63, 3.8) is 0 Å². The monoisotopic (exact) mass is 396 g/mol. The van der Waals surface area contributed by atoms with E-state index in [9.17, 15) is 0 Å². The number of nitrogens with one attached hydrogen (secondary N) is 2. The normalized spacial score (nSPS) is 10.9. The minimum Gasteiger partial charge on any atom is -0.354 e. The molecule has 2 heterocycles. The van der Waals surface area contributed by atoms with Gasteiger partial charge in [0.15, 0.2) is 0 Å². The number of nitrogens with zero attached hydrogens (tertiary/aromatic N) is 4. The van der Waals surface area contributed by atoms with Crippen LogP contribution in [0.4, 0.5) is 17.5 Å². The zero-order valence-corrected chi connectivity index (χ0v) is 17.2. The molecule has 0 aliphatic rings. The average Bonchev–Trinajstić information content (AvgIpc) is 2.68. The largest absolute Gasteiger partial charge is 0.354 e. The van der Waals surface area contributed by atoms with E-state index < -0.39 is 0 Å². The van der Waals surface area contributed by atoms with E-state index in [2.05, 4.69) is 44.6 Å². The Morgan fingerprint density at radius 2 is 1.82 bits per heavy atom. The molecule has 0 saturated heterocycles. The zero-order valence-electron chi connectivity index (χ0n) is 16.4. The minimum absolute atomic E-state index is 0.593. The number of pyridine rings is 1. The van der Waals surface area contributed by atoms with Crippen LogP contribution in [0.25, 0.3) is 11.3 Å². The summed E-state index contributed by atoms with van der Waals surface area (Å²) in [6.45, 7) is 3.83. The summed E-state index contributed by atoms with van der Waals surface area (Å²) in [7, 11) is 4.13. The molecule has 28 heavy (non-hydrogen) atoms. The summed E-state index contributed by atoms with van der Waals surface area (Å²) in [5, 5.41) is 7.38. The van der Waals surface area contributed by atoms with E-state index in [4.69, 9.17) is 11.6 Å². The van der Waals surface area contributed by atoms with Crippen molar-refractivity contribution in [2.75, 3.05) is 37.8 Å². The number of benzene rings is 1. The molecular formula is C21H25ClN6. The second kappa shape index (κ2) is 9.48. The van der Waals surface area contributed by atoms with Gasteiger partial charge in [-0.25, -0.2) is 4.98 Å². The molecule has 7 heteroatoms. The van der Waals surface area contributed by atoms with Crippen molar-refractivity contribution in [1.82, 2.24) is 19.9 Å². The molecule has 0 amide bonds. The van der Waals surface area contributed by atoms with Crippen molar-refractivity contribution in [3.8, 4) is 11.3 Å². The SMILES string of the molecule is Cc1ccc(Cl)cc1Nc1cc(-c2ccncc2)nc(NCCCN(C)C)n1. The third kappa shape index (κ3) is 5.65. The van der Waals surface area contributed by atoms with Gasteiger partial charge in [-0.2, -0.15) is 4.98 Å². The fourth-order valence-corrected chi connectivity index (χ4v) is 2.90. The molecule has 1 aromatic carbocycles. The van der Waals surface area contributed by atoms with Crippen molar-refractivity contribution >= 4 is 29.1 Å². The fraction of sp³-hybridized carbons (Fsp3) is 0.286. The molecule has 0 radical (unpaired) electrons. The Balaban J connectivity index is 1.87. The lowest BCUT2D eigenvalue weighted by Crippen LogP contribution is -2.17. The molecule has 0 fully saturated rings. The Labute approximate surface area is 171 Å². The van der Waals surface area contributed by atoms with E-state index >= 15 is 0 Å². The quantitative estimate of drug-likeness (QED) is 0.542. The van der Waals surface area contributed by atoms with Crippen LogP contribution in [0.15, 0.2) is 48.8 Å². The van der Waals surface area contributed by atoms with E-state index in [-0.39, 0.29) is 0 Å². The first kappa shape index (κ1) is 20.0. The number of hydrogen-bond acceptors (Lipinski definition) is 6. The lowest BCUT2D eigenvalue weighted by atomic mass is 10.2. The summed E-state index contributed by atoms with van der Waals surface area (Å²) in [5.74, 6) is 1.30. The van der Waals surface area contributed by atoms with Crippen LogP contribution in [-0.4, -0.2) is 47.0 Å². The van der Waals surface area contributed by atoms with E-state index in [0.717, 1.165) is 42.0 Å². The Bertz CT molecular complexity index is 914. The number of aryl methyl sites for hydroxylation is 1. The number of halogens is 1. The molecule has 2 aromatic heterocycles. The number of aromatic nitrogens is 3. The Morgan fingerprint density at radius 1 is 1.04 bits per heavy atom. The van der Waals surface area contributed by atoms with Gasteiger partial charge < -0.3 is 15.5 Å². The lowest BCUT2D eigenvalue weighted by molar-refractivity contribution is 0.405. The first-order valence-corrected chi connectivity index (χ1v) is 9.60. The summed E-state index contributed by atoms with van der Waals surface area (Å²) >= 11 is 6.16. The maximum atomic E-state index is 6.16. The molecule has 0 aliphatic heterocycles. The summed E-state index contributed by atoms with van der Waals surface area (Å²) in [5.41, 5.74) is 3.83. The molecule has 2 N–H and O–H groups in total. The van der Waals surface area contributed by atoms with Gasteiger partial charge in [0.25, 0.3) is 0 Å². The summed E-state index contributed by atoms with van der Waals surface area (Å²) in [6.07, 6.45) is 4.53. The van der Waals surface area contributed by atoms with Gasteiger partial charge in [-0.15, -0.1) is 0 Å². The van der Waals surface area contributed by atoms with E-state index in [0.29, 0.717) is 16.8 Å². The lowest BCUT2D eigenvalue weighted by Gasteiger charge is -2.14. The van der Waals surface area contributed by atoms with Gasteiger partial charge in [0, 0.05) is 41.3 Å². The average molecular weight is 397 g/mol. The minimum atomic E-state index is 0.593. The number of hydrogen-bond donors (Lipinski definition) is 2. The molecule has 0 spiro atoms. The molecule has 0 atom stereocenters. The summed E-state index contributed by atoms with van der Waals surface area (Å²) in [4.78, 5) is 15.6. The van der Waals surface area contributed by atoms with Crippen LogP contribution in [-0.2, 0) is 0 Å². The van der Waals surface area contributed by atoms with E-state index in [1.165, 1.54) is 0 Å². The van der Waals surface area contributed by atoms with Gasteiger partial charge >= 0.3 is 0 Å². The molecule has 6 nitrogen and oxygen atoms in total. The predicted octanol–water partition coefficient (Wildman–Crippen LogP) is 4.61. The number of anilines is 3. The third-order valence-electron chi connectivity index (χ3n) is 4.23. The molecule has 0 bridgehead atoms. The number of rotatable bonds is 8. The Kier molecular flexibility index (Phi) is 6.79. The highest BCUT2D eigenvalue weighted by atomic mass is 35.5. The predicted molar refractivity (Wildman–Crippen MR) is 116 cm³/mol. The topological polar surface area (TPSA) is 66.0 Å². The molecule has 3 aromatic rings. The molecule has 0 aliphatic carbocycles. The molecule has 0 saturated carbocycles. The van der Waals surface area contributed by atoms with Crippen LogP contribution >= 0.6 is 11.6 Å². The Morgan fingerprint density at radius 3 is 2.57 bits per heavy atom. The third-order valence-corrected chi connectivity index (χ3v) is 4.46. The summed E-state index contributed by atoms with van der Waals surface area (Å²) in [6, 6.07) is 11.6. The van der Waals surface area contributed by atoms with Crippen LogP contribution in [0, 0.1) is 6.92 Å². The van der Waals surface area contributed by atoms with Gasteiger partial charge in [0.1, 0.15) is 5.82 Å². The maximum Gasteiger partial charge on any atom is 0.225 e. The van der Waals surface area contributed by atoms with Gasteiger partial charge in [0.05, 0.1) is 5.69 Å². The molecule has 0 unspecified atom stereocenters. The first-order valence-electron chi connectivity index (χ1n) is 9.22. The van der Waals surface area contributed by atoms with Gasteiger partial charge in [-0.05, 0) is 63.8 Å². The maximum absolute atomic E-state index is 6.16. The van der Waals surface area contributed by atoms with Crippen molar-refractivity contribution in [2.45, 2.75) is 13.3 Å². The van der Waals surface area contributed by atoms with E-state index in [1.54, 1.807) is 12.4 Å².